The second-order valence-corrected chi connectivity index (χ2v) is 6.98. The van der Waals surface area contributed by atoms with Crippen LogP contribution in [0.1, 0.15) is 35.8 Å². The van der Waals surface area contributed by atoms with Crippen molar-refractivity contribution < 1.29 is 14.3 Å². The fourth-order valence-electron chi connectivity index (χ4n) is 2.94. The van der Waals surface area contributed by atoms with Crippen molar-refractivity contribution >= 4 is 23.2 Å². The van der Waals surface area contributed by atoms with Crippen molar-refractivity contribution in [3.8, 4) is 11.5 Å². The van der Waals surface area contributed by atoms with E-state index in [1.165, 1.54) is 5.56 Å². The van der Waals surface area contributed by atoms with E-state index < -0.39 is 0 Å². The smallest absolute Gasteiger partial charge is 0.274 e. The van der Waals surface area contributed by atoms with Gasteiger partial charge in [0.15, 0.2) is 11.5 Å². The van der Waals surface area contributed by atoms with Crippen LogP contribution in [0.2, 0.25) is 0 Å². The lowest BCUT2D eigenvalue weighted by Crippen LogP contribution is -2.17. The zero-order valence-corrected chi connectivity index (χ0v) is 16.3. The number of hydrogen-bond donors (Lipinski definition) is 2. The maximum Gasteiger partial charge on any atom is 0.274 e. The highest BCUT2D eigenvalue weighted by molar-refractivity contribution is 6.03. The van der Waals surface area contributed by atoms with Crippen LogP contribution in [0.3, 0.4) is 0 Å². The summed E-state index contributed by atoms with van der Waals surface area (Å²) in [6, 6.07) is 14.9. The molecule has 1 amide bonds. The Bertz CT molecular complexity index is 1020. The molecule has 0 spiro atoms. The second kappa shape index (κ2) is 8.18. The molecule has 0 saturated carbocycles. The summed E-state index contributed by atoms with van der Waals surface area (Å²) in [6.45, 7) is 5.31. The van der Waals surface area contributed by atoms with Gasteiger partial charge in [0.05, 0.1) is 0 Å². The van der Waals surface area contributed by atoms with E-state index in [0.717, 1.165) is 5.69 Å². The average Bonchev–Trinajstić information content (AvgIpc) is 2.74. The van der Waals surface area contributed by atoms with Gasteiger partial charge in [-0.1, -0.05) is 26.0 Å². The topological polar surface area (TPSA) is 85.4 Å². The maximum absolute atomic E-state index is 12.6. The number of anilines is 3. The van der Waals surface area contributed by atoms with Crippen LogP contribution in [0.5, 0.6) is 11.5 Å². The van der Waals surface area contributed by atoms with Gasteiger partial charge in [-0.05, 0) is 41.8 Å². The van der Waals surface area contributed by atoms with E-state index in [-0.39, 0.29) is 11.6 Å². The van der Waals surface area contributed by atoms with Gasteiger partial charge in [0.1, 0.15) is 18.9 Å². The SMILES string of the molecule is CC(C)c1ccc(Nc2nccc(C(=O)Nc3ccc4c(c3)OCCO4)n2)cc1. The molecular weight excluding hydrogens is 368 g/mol. The number of nitrogens with one attached hydrogen (secondary N) is 2. The fraction of sp³-hybridized carbons (Fsp3) is 0.227. The zero-order chi connectivity index (χ0) is 20.2. The number of nitrogens with zero attached hydrogens (tertiary/aromatic N) is 2. The molecule has 29 heavy (non-hydrogen) atoms. The first-order valence-corrected chi connectivity index (χ1v) is 9.49. The minimum atomic E-state index is -0.331. The third-order valence-electron chi connectivity index (χ3n) is 4.52. The van der Waals surface area contributed by atoms with Crippen molar-refractivity contribution in [3.05, 3.63) is 66.0 Å². The van der Waals surface area contributed by atoms with E-state index in [9.17, 15) is 4.79 Å². The summed E-state index contributed by atoms with van der Waals surface area (Å²) in [4.78, 5) is 21.1. The normalized spacial score (nSPS) is 12.5. The average molecular weight is 390 g/mol. The van der Waals surface area contributed by atoms with Gasteiger partial charge in [-0.25, -0.2) is 9.97 Å². The van der Waals surface area contributed by atoms with Crippen molar-refractivity contribution in [1.82, 2.24) is 9.97 Å². The number of fused-ring (bicyclic) bond motifs is 1. The summed E-state index contributed by atoms with van der Waals surface area (Å²) >= 11 is 0. The molecule has 1 aliphatic rings. The van der Waals surface area contributed by atoms with Gasteiger partial charge < -0.3 is 20.1 Å². The van der Waals surface area contributed by atoms with Gasteiger partial charge in [-0.15, -0.1) is 0 Å². The van der Waals surface area contributed by atoms with Crippen molar-refractivity contribution in [2.45, 2.75) is 19.8 Å². The predicted octanol–water partition coefficient (Wildman–Crippen LogP) is 4.37. The summed E-state index contributed by atoms with van der Waals surface area (Å²) < 4.78 is 11.0. The van der Waals surface area contributed by atoms with Crippen LogP contribution >= 0.6 is 0 Å². The predicted molar refractivity (Wildman–Crippen MR) is 111 cm³/mol. The highest BCUT2D eigenvalue weighted by atomic mass is 16.6. The molecule has 0 radical (unpaired) electrons. The molecule has 0 fully saturated rings. The Hall–Kier alpha value is -3.61. The largest absolute Gasteiger partial charge is 0.486 e. The van der Waals surface area contributed by atoms with E-state index in [0.29, 0.717) is 42.3 Å². The molecule has 1 aromatic heterocycles. The Morgan fingerprint density at radius 1 is 0.966 bits per heavy atom. The monoisotopic (exact) mass is 390 g/mol. The molecule has 0 bridgehead atoms. The molecule has 7 nitrogen and oxygen atoms in total. The van der Waals surface area contributed by atoms with E-state index >= 15 is 0 Å². The van der Waals surface area contributed by atoms with Crippen LogP contribution in [-0.4, -0.2) is 29.1 Å². The summed E-state index contributed by atoms with van der Waals surface area (Å²) in [7, 11) is 0. The maximum atomic E-state index is 12.6. The Labute approximate surface area is 169 Å². The van der Waals surface area contributed by atoms with Crippen LogP contribution in [-0.2, 0) is 0 Å². The first-order valence-electron chi connectivity index (χ1n) is 9.49. The van der Waals surface area contributed by atoms with Gasteiger partial charge in [0.2, 0.25) is 5.95 Å². The molecule has 0 atom stereocenters. The number of aromatic nitrogens is 2. The molecule has 2 aromatic carbocycles. The molecule has 7 heteroatoms. The van der Waals surface area contributed by atoms with Crippen LogP contribution < -0.4 is 20.1 Å². The van der Waals surface area contributed by atoms with Crippen molar-refractivity contribution in [2.75, 3.05) is 23.8 Å². The lowest BCUT2D eigenvalue weighted by atomic mass is 10.0. The lowest BCUT2D eigenvalue weighted by Gasteiger charge is -2.19. The van der Waals surface area contributed by atoms with E-state index in [4.69, 9.17) is 9.47 Å². The number of ether oxygens (including phenoxy) is 2. The van der Waals surface area contributed by atoms with Gasteiger partial charge >= 0.3 is 0 Å². The van der Waals surface area contributed by atoms with Crippen LogP contribution in [0, 0.1) is 0 Å². The van der Waals surface area contributed by atoms with Gasteiger partial charge in [-0.3, -0.25) is 4.79 Å². The van der Waals surface area contributed by atoms with E-state index in [1.54, 1.807) is 30.5 Å². The third-order valence-corrected chi connectivity index (χ3v) is 4.52. The number of benzene rings is 2. The minimum absolute atomic E-state index is 0.260. The summed E-state index contributed by atoms with van der Waals surface area (Å²) in [6.07, 6.45) is 1.55. The molecule has 4 rings (SSSR count). The van der Waals surface area contributed by atoms with Gasteiger partial charge in [0.25, 0.3) is 5.91 Å². The van der Waals surface area contributed by atoms with E-state index in [1.807, 2.05) is 12.1 Å². The van der Waals surface area contributed by atoms with Crippen LogP contribution in [0.4, 0.5) is 17.3 Å². The molecule has 2 N–H and O–H groups in total. The van der Waals surface area contributed by atoms with Crippen LogP contribution in [0.25, 0.3) is 0 Å². The summed E-state index contributed by atoms with van der Waals surface area (Å²) in [5.74, 6) is 1.78. The second-order valence-electron chi connectivity index (χ2n) is 6.98. The highest BCUT2D eigenvalue weighted by Gasteiger charge is 2.14. The van der Waals surface area contributed by atoms with E-state index in [2.05, 4.69) is 46.6 Å². The van der Waals surface area contributed by atoms with Crippen molar-refractivity contribution in [1.29, 1.82) is 0 Å². The first kappa shape index (κ1) is 18.7. The Morgan fingerprint density at radius 2 is 1.69 bits per heavy atom. The van der Waals surface area contributed by atoms with Gasteiger partial charge in [0, 0.05) is 23.6 Å². The number of carbonyl (C=O) groups excluding carboxylic acids is 1. The Morgan fingerprint density at radius 3 is 2.45 bits per heavy atom. The molecule has 0 unspecified atom stereocenters. The third kappa shape index (κ3) is 4.45. The van der Waals surface area contributed by atoms with Gasteiger partial charge in [-0.2, -0.15) is 0 Å². The zero-order valence-electron chi connectivity index (χ0n) is 16.3. The summed E-state index contributed by atoms with van der Waals surface area (Å²) in [5.41, 5.74) is 2.98. The Balaban J connectivity index is 1.45. The quantitative estimate of drug-likeness (QED) is 0.673. The highest BCUT2D eigenvalue weighted by Crippen LogP contribution is 2.32. The lowest BCUT2D eigenvalue weighted by molar-refractivity contribution is 0.102. The number of rotatable bonds is 5. The molecule has 0 aliphatic carbocycles. The minimum Gasteiger partial charge on any atom is -0.486 e. The molecule has 2 heterocycles. The number of amides is 1. The standard InChI is InChI=1S/C22H22N4O3/c1-14(2)15-3-5-16(6-4-15)25-22-23-10-9-18(26-22)21(27)24-17-7-8-19-20(13-17)29-12-11-28-19/h3-10,13-14H,11-12H2,1-2H3,(H,24,27)(H,23,25,26). The molecule has 148 valence electrons. The molecule has 1 aliphatic heterocycles. The summed E-state index contributed by atoms with van der Waals surface area (Å²) in [5, 5.41) is 5.96. The van der Waals surface area contributed by atoms with Crippen LogP contribution in [0.15, 0.2) is 54.7 Å². The van der Waals surface area contributed by atoms with Crippen molar-refractivity contribution in [3.63, 3.8) is 0 Å². The number of hydrogen-bond acceptors (Lipinski definition) is 6. The van der Waals surface area contributed by atoms with Crippen molar-refractivity contribution in [2.24, 2.45) is 0 Å². The number of carbonyl (C=O) groups is 1. The molecular formula is C22H22N4O3. The first-order chi connectivity index (χ1) is 14.1. The molecule has 0 saturated heterocycles. The Kier molecular flexibility index (Phi) is 5.29. The fourth-order valence-corrected chi connectivity index (χ4v) is 2.94. The molecule has 3 aromatic rings.